The molecule has 7 nitrogen and oxygen atoms in total. The molecule has 3 heterocycles. The molecule has 0 amide bonds. The van der Waals surface area contributed by atoms with Crippen LogP contribution in [0.1, 0.15) is 24.1 Å². The van der Waals surface area contributed by atoms with E-state index in [0.717, 1.165) is 29.6 Å². The van der Waals surface area contributed by atoms with Gasteiger partial charge in [0.2, 0.25) is 0 Å². The first kappa shape index (κ1) is 10.5. The van der Waals surface area contributed by atoms with Crippen LogP contribution in [0.2, 0.25) is 0 Å². The van der Waals surface area contributed by atoms with Crippen molar-refractivity contribution < 1.29 is 0 Å². The molecule has 96 valence electrons. The molecule has 1 aliphatic carbocycles. The maximum Gasteiger partial charge on any atom is 0.184 e. The van der Waals surface area contributed by atoms with Crippen molar-refractivity contribution in [2.24, 2.45) is 0 Å². The number of imidazole rings is 1. The Hall–Kier alpha value is -2.44. The zero-order valence-corrected chi connectivity index (χ0v) is 10.3. The summed E-state index contributed by atoms with van der Waals surface area (Å²) >= 11 is 0. The number of nitrogens with zero attached hydrogens (tertiary/aromatic N) is 5. The number of H-pyrrole nitrogens is 1. The third kappa shape index (κ3) is 1.44. The van der Waals surface area contributed by atoms with E-state index in [1.807, 2.05) is 0 Å². The Labute approximate surface area is 108 Å². The molecule has 1 aliphatic rings. The molecule has 0 spiro atoms. The molecule has 0 radical (unpaired) electrons. The molecule has 3 aromatic rings. The summed E-state index contributed by atoms with van der Waals surface area (Å²) < 4.78 is 1.71. The number of hydrogen-bond donors (Lipinski definition) is 2. The highest BCUT2D eigenvalue weighted by Gasteiger charge is 2.21. The third-order valence-corrected chi connectivity index (χ3v) is 3.60. The van der Waals surface area contributed by atoms with Crippen LogP contribution in [0, 0.1) is 0 Å². The predicted octanol–water partition coefficient (Wildman–Crippen LogP) is 1.000. The fourth-order valence-electron chi connectivity index (χ4n) is 2.65. The molecular formula is C12H13N7. The van der Waals surface area contributed by atoms with Crippen molar-refractivity contribution in [3.63, 3.8) is 0 Å². The van der Waals surface area contributed by atoms with Crippen LogP contribution in [0.5, 0.6) is 0 Å². The lowest BCUT2D eigenvalue weighted by molar-refractivity contribution is 0.670. The summed E-state index contributed by atoms with van der Waals surface area (Å²) in [6.45, 7) is 0. The summed E-state index contributed by atoms with van der Waals surface area (Å²) in [5.41, 5.74) is 9.86. The van der Waals surface area contributed by atoms with Gasteiger partial charge in [-0.25, -0.2) is 15.0 Å². The van der Waals surface area contributed by atoms with Gasteiger partial charge in [0.15, 0.2) is 11.5 Å². The van der Waals surface area contributed by atoms with E-state index in [-0.39, 0.29) is 0 Å². The number of aromatic amines is 1. The number of hydrogen-bond acceptors (Lipinski definition) is 5. The number of fused-ring (bicyclic) bond motifs is 2. The van der Waals surface area contributed by atoms with Crippen molar-refractivity contribution in [1.82, 2.24) is 29.7 Å². The standard InChI is InChI=1S/C12H13N7/c13-10-7-3-1-2-4-8(7)18-19(10)12-9-11(15-5-14-9)16-6-17-12/h5-6H,1-4,13H2,(H,14,15,16,17). The molecule has 0 saturated carbocycles. The Balaban J connectivity index is 1.97. The molecule has 4 rings (SSSR count). The van der Waals surface area contributed by atoms with Crippen LogP contribution < -0.4 is 5.73 Å². The van der Waals surface area contributed by atoms with E-state index in [1.165, 1.54) is 19.2 Å². The zero-order valence-electron chi connectivity index (χ0n) is 10.3. The molecular weight excluding hydrogens is 242 g/mol. The van der Waals surface area contributed by atoms with Crippen LogP contribution in [0.3, 0.4) is 0 Å². The number of nitrogen functional groups attached to an aromatic ring is 1. The maximum absolute atomic E-state index is 6.22. The average Bonchev–Trinajstić information content (AvgIpc) is 3.04. The monoisotopic (exact) mass is 255 g/mol. The van der Waals surface area contributed by atoms with E-state index >= 15 is 0 Å². The van der Waals surface area contributed by atoms with Crippen LogP contribution in [0.4, 0.5) is 5.82 Å². The Morgan fingerprint density at radius 1 is 1.16 bits per heavy atom. The number of anilines is 1. The second-order valence-electron chi connectivity index (χ2n) is 4.73. The van der Waals surface area contributed by atoms with Crippen LogP contribution in [-0.2, 0) is 12.8 Å². The van der Waals surface area contributed by atoms with Gasteiger partial charge in [0, 0.05) is 5.56 Å². The highest BCUT2D eigenvalue weighted by Crippen LogP contribution is 2.28. The predicted molar refractivity (Wildman–Crippen MR) is 69.9 cm³/mol. The largest absolute Gasteiger partial charge is 0.383 e. The van der Waals surface area contributed by atoms with Crippen molar-refractivity contribution in [3.8, 4) is 5.82 Å². The SMILES string of the molecule is Nc1c2c(nn1-c1ncnc3nc[nH]c13)CCCC2. The summed E-state index contributed by atoms with van der Waals surface area (Å²) in [6.07, 6.45) is 7.42. The first-order valence-electron chi connectivity index (χ1n) is 6.35. The minimum absolute atomic E-state index is 0.623. The summed E-state index contributed by atoms with van der Waals surface area (Å²) in [4.78, 5) is 15.6. The molecule has 19 heavy (non-hydrogen) atoms. The molecule has 0 atom stereocenters. The topological polar surface area (TPSA) is 98.3 Å². The Bertz CT molecular complexity index is 755. The van der Waals surface area contributed by atoms with Gasteiger partial charge >= 0.3 is 0 Å². The van der Waals surface area contributed by atoms with Crippen LogP contribution in [0.15, 0.2) is 12.7 Å². The maximum atomic E-state index is 6.22. The molecule has 0 bridgehead atoms. The van der Waals surface area contributed by atoms with Gasteiger partial charge in [-0.3, -0.25) is 0 Å². The lowest BCUT2D eigenvalue weighted by Gasteiger charge is -2.08. The summed E-state index contributed by atoms with van der Waals surface area (Å²) in [5.74, 6) is 1.35. The normalized spacial score (nSPS) is 14.7. The minimum Gasteiger partial charge on any atom is -0.383 e. The van der Waals surface area contributed by atoms with E-state index in [2.05, 4.69) is 25.0 Å². The minimum atomic E-state index is 0.623. The summed E-state index contributed by atoms with van der Waals surface area (Å²) in [6, 6.07) is 0. The van der Waals surface area contributed by atoms with Gasteiger partial charge < -0.3 is 10.7 Å². The van der Waals surface area contributed by atoms with Gasteiger partial charge in [-0.05, 0) is 25.7 Å². The van der Waals surface area contributed by atoms with Crippen LogP contribution >= 0.6 is 0 Å². The van der Waals surface area contributed by atoms with Crippen LogP contribution in [-0.4, -0.2) is 29.7 Å². The number of aromatic nitrogens is 6. The molecule has 0 aliphatic heterocycles. The average molecular weight is 255 g/mol. The van der Waals surface area contributed by atoms with Crippen LogP contribution in [0.25, 0.3) is 17.0 Å². The fourth-order valence-corrected chi connectivity index (χ4v) is 2.65. The quantitative estimate of drug-likeness (QED) is 0.676. The van der Waals surface area contributed by atoms with E-state index in [0.29, 0.717) is 17.3 Å². The third-order valence-electron chi connectivity index (χ3n) is 3.60. The van der Waals surface area contributed by atoms with Gasteiger partial charge in [0.05, 0.1) is 12.0 Å². The molecule has 0 saturated heterocycles. The lowest BCUT2D eigenvalue weighted by atomic mass is 9.98. The van der Waals surface area contributed by atoms with Gasteiger partial charge in [-0.2, -0.15) is 9.78 Å². The van der Waals surface area contributed by atoms with Crippen molar-refractivity contribution in [2.45, 2.75) is 25.7 Å². The lowest BCUT2D eigenvalue weighted by Crippen LogP contribution is -2.06. The molecule has 0 aromatic carbocycles. The van der Waals surface area contributed by atoms with Gasteiger partial charge in [-0.1, -0.05) is 0 Å². The van der Waals surface area contributed by atoms with Crippen molar-refractivity contribution in [3.05, 3.63) is 23.9 Å². The second-order valence-corrected chi connectivity index (χ2v) is 4.73. The Morgan fingerprint density at radius 3 is 2.95 bits per heavy atom. The first-order valence-corrected chi connectivity index (χ1v) is 6.35. The molecule has 0 unspecified atom stereocenters. The number of nitrogens with two attached hydrogens (primary N) is 1. The van der Waals surface area contributed by atoms with Gasteiger partial charge in [0.25, 0.3) is 0 Å². The summed E-state index contributed by atoms with van der Waals surface area (Å²) in [7, 11) is 0. The van der Waals surface area contributed by atoms with Gasteiger partial charge in [0.1, 0.15) is 17.7 Å². The van der Waals surface area contributed by atoms with Gasteiger partial charge in [-0.15, -0.1) is 0 Å². The first-order chi connectivity index (χ1) is 9.34. The number of nitrogens with one attached hydrogen (secondary N) is 1. The molecule has 3 N–H and O–H groups in total. The van der Waals surface area contributed by atoms with Crippen molar-refractivity contribution in [1.29, 1.82) is 0 Å². The molecule has 7 heteroatoms. The highest BCUT2D eigenvalue weighted by atomic mass is 15.4. The highest BCUT2D eigenvalue weighted by molar-refractivity contribution is 5.78. The molecule has 3 aromatic heterocycles. The zero-order chi connectivity index (χ0) is 12.8. The Kier molecular flexibility index (Phi) is 2.08. The molecule has 0 fully saturated rings. The van der Waals surface area contributed by atoms with E-state index in [9.17, 15) is 0 Å². The second kappa shape index (κ2) is 3.78. The number of aryl methyl sites for hydroxylation is 1. The van der Waals surface area contributed by atoms with Crippen molar-refractivity contribution >= 4 is 17.0 Å². The van der Waals surface area contributed by atoms with Crippen molar-refractivity contribution in [2.75, 3.05) is 5.73 Å². The number of rotatable bonds is 1. The van der Waals surface area contributed by atoms with E-state index in [4.69, 9.17) is 5.73 Å². The summed E-state index contributed by atoms with van der Waals surface area (Å²) in [5, 5.41) is 4.60. The van der Waals surface area contributed by atoms with E-state index < -0.39 is 0 Å². The fraction of sp³-hybridized carbons (Fsp3) is 0.333. The van der Waals surface area contributed by atoms with E-state index in [1.54, 1.807) is 11.0 Å². The smallest absolute Gasteiger partial charge is 0.184 e. The Morgan fingerprint density at radius 2 is 2.05 bits per heavy atom.